The third-order valence-corrected chi connectivity index (χ3v) is 9.27. The third kappa shape index (κ3) is 4.38. The first kappa shape index (κ1) is 25.3. The molecule has 3 amide bonds. The van der Waals surface area contributed by atoms with E-state index in [4.69, 9.17) is 4.74 Å². The Morgan fingerprint density at radius 2 is 1.75 bits per heavy atom. The summed E-state index contributed by atoms with van der Waals surface area (Å²) in [5.41, 5.74) is 3.16. The van der Waals surface area contributed by atoms with Crippen molar-refractivity contribution in [3.8, 4) is 5.75 Å². The maximum absolute atomic E-state index is 14.2. The summed E-state index contributed by atoms with van der Waals surface area (Å²) in [4.78, 5) is 45.9. The molecule has 0 radical (unpaired) electrons. The van der Waals surface area contributed by atoms with Crippen LogP contribution < -0.4 is 19.9 Å². The smallest absolute Gasteiger partial charge is 0.255 e. The summed E-state index contributed by atoms with van der Waals surface area (Å²) in [7, 11) is 0. The molecule has 5 aliphatic heterocycles. The Morgan fingerprint density at radius 1 is 0.925 bits per heavy atom. The van der Waals surface area contributed by atoms with Crippen LogP contribution >= 0.6 is 0 Å². The number of carbonyl (C=O) groups is 3. The van der Waals surface area contributed by atoms with Gasteiger partial charge in [0.1, 0.15) is 24.2 Å². The molecule has 0 bridgehead atoms. The van der Waals surface area contributed by atoms with Gasteiger partial charge >= 0.3 is 0 Å². The van der Waals surface area contributed by atoms with E-state index in [9.17, 15) is 18.8 Å². The van der Waals surface area contributed by atoms with Crippen molar-refractivity contribution in [2.24, 2.45) is 5.92 Å². The molecule has 0 saturated carbocycles. The van der Waals surface area contributed by atoms with Crippen LogP contribution in [0.5, 0.6) is 5.75 Å². The Labute approximate surface area is 232 Å². The first-order valence-electron chi connectivity index (χ1n) is 14.4. The normalized spacial score (nSPS) is 25.3. The minimum Gasteiger partial charge on any atom is -0.489 e. The molecule has 3 saturated heterocycles. The van der Waals surface area contributed by atoms with Gasteiger partial charge in [-0.2, -0.15) is 0 Å². The van der Waals surface area contributed by atoms with Crippen molar-refractivity contribution in [2.75, 3.05) is 55.7 Å². The van der Waals surface area contributed by atoms with Crippen molar-refractivity contribution in [2.45, 2.75) is 44.3 Å². The van der Waals surface area contributed by atoms with Crippen LogP contribution in [0.4, 0.5) is 15.8 Å². The van der Waals surface area contributed by atoms with Gasteiger partial charge in [0, 0.05) is 56.8 Å². The van der Waals surface area contributed by atoms with Gasteiger partial charge in [0.05, 0.1) is 24.0 Å². The summed E-state index contributed by atoms with van der Waals surface area (Å²) in [5, 5.41) is 2.36. The minimum atomic E-state index is -0.633. The highest BCUT2D eigenvalue weighted by Gasteiger charge is 2.43. The molecule has 0 aliphatic carbocycles. The predicted molar refractivity (Wildman–Crippen MR) is 147 cm³/mol. The fraction of sp³-hybridized carbons (Fsp3) is 0.500. The molecule has 0 aromatic heterocycles. The molecule has 1 N–H and O–H groups in total. The first-order chi connectivity index (χ1) is 19.5. The van der Waals surface area contributed by atoms with Gasteiger partial charge in [-0.3, -0.25) is 24.6 Å². The van der Waals surface area contributed by atoms with Crippen molar-refractivity contribution in [3.63, 3.8) is 0 Å². The standard InChI is InChI=1S/C30H34FN5O4/c31-23-3-1-2-4-24(23)34-11-9-19(10-12-34)15-33-13-14-35-20(16-33)18-40-28-22-17-36(26-7-8-27(37)32-29(26)38)30(39)21(22)5-6-25(28)35/h1-6,19-20,26H,7-18H2,(H,32,37,38). The lowest BCUT2D eigenvalue weighted by Crippen LogP contribution is -2.58. The Balaban J connectivity index is 0.985. The molecule has 2 atom stereocenters. The monoisotopic (exact) mass is 547 g/mol. The van der Waals surface area contributed by atoms with Crippen LogP contribution in [-0.4, -0.2) is 85.5 Å². The number of nitrogens with zero attached hydrogens (tertiary/aromatic N) is 4. The molecule has 210 valence electrons. The molecule has 0 spiro atoms. The number of amides is 3. The van der Waals surface area contributed by atoms with E-state index in [1.54, 1.807) is 11.0 Å². The maximum Gasteiger partial charge on any atom is 0.255 e. The van der Waals surface area contributed by atoms with Gasteiger partial charge in [0.15, 0.2) is 0 Å². The highest BCUT2D eigenvalue weighted by Crippen LogP contribution is 2.43. The second-order valence-corrected chi connectivity index (χ2v) is 11.6. The number of hydrogen-bond acceptors (Lipinski definition) is 7. The predicted octanol–water partition coefficient (Wildman–Crippen LogP) is 2.39. The van der Waals surface area contributed by atoms with E-state index >= 15 is 0 Å². The van der Waals surface area contributed by atoms with Gasteiger partial charge in [-0.25, -0.2) is 4.39 Å². The number of para-hydroxylation sites is 1. The molecular weight excluding hydrogens is 513 g/mol. The van der Waals surface area contributed by atoms with Crippen molar-refractivity contribution >= 4 is 29.1 Å². The van der Waals surface area contributed by atoms with E-state index in [0.717, 1.165) is 69.1 Å². The van der Waals surface area contributed by atoms with Crippen molar-refractivity contribution in [3.05, 3.63) is 53.3 Å². The second kappa shape index (κ2) is 10.1. The SMILES string of the molecule is O=C1CCC(N2Cc3c(ccc4c3OCC3CN(CC5CCN(c6ccccc6F)CC5)CCN43)C2=O)C(=O)N1. The van der Waals surface area contributed by atoms with E-state index in [1.807, 2.05) is 24.3 Å². The van der Waals surface area contributed by atoms with Gasteiger partial charge < -0.3 is 19.4 Å². The zero-order valence-electron chi connectivity index (χ0n) is 22.5. The highest BCUT2D eigenvalue weighted by molar-refractivity contribution is 6.06. The van der Waals surface area contributed by atoms with E-state index in [0.29, 0.717) is 36.7 Å². The lowest BCUT2D eigenvalue weighted by molar-refractivity contribution is -0.136. The van der Waals surface area contributed by atoms with E-state index in [1.165, 1.54) is 6.07 Å². The summed E-state index contributed by atoms with van der Waals surface area (Å²) in [6.45, 7) is 6.45. The number of fused-ring (bicyclic) bond motifs is 5. The second-order valence-electron chi connectivity index (χ2n) is 11.6. The molecule has 10 heteroatoms. The number of halogens is 1. The van der Waals surface area contributed by atoms with E-state index in [-0.39, 0.29) is 30.1 Å². The quantitative estimate of drug-likeness (QED) is 0.589. The van der Waals surface area contributed by atoms with Gasteiger partial charge in [-0.15, -0.1) is 0 Å². The molecular formula is C30H34FN5O4. The Hall–Kier alpha value is -3.66. The minimum absolute atomic E-state index is 0.145. The average Bonchev–Trinajstić information content (AvgIpc) is 3.30. The van der Waals surface area contributed by atoms with Crippen molar-refractivity contribution in [1.29, 1.82) is 0 Å². The molecule has 3 fully saturated rings. The van der Waals surface area contributed by atoms with Gasteiger partial charge in [-0.05, 0) is 49.4 Å². The number of hydrogen-bond donors (Lipinski definition) is 1. The molecule has 7 rings (SSSR count). The summed E-state index contributed by atoms with van der Waals surface area (Å²) in [5.74, 6) is 0.340. The lowest BCUT2D eigenvalue weighted by atomic mass is 9.94. The first-order valence-corrected chi connectivity index (χ1v) is 14.4. The fourth-order valence-corrected chi connectivity index (χ4v) is 7.14. The Morgan fingerprint density at radius 3 is 2.55 bits per heavy atom. The van der Waals surface area contributed by atoms with E-state index in [2.05, 4.69) is 20.0 Å². The molecule has 40 heavy (non-hydrogen) atoms. The molecule has 2 aromatic carbocycles. The zero-order valence-corrected chi connectivity index (χ0v) is 22.5. The topological polar surface area (TPSA) is 85.4 Å². The number of anilines is 2. The molecule has 5 heterocycles. The molecule has 2 aromatic rings. The third-order valence-electron chi connectivity index (χ3n) is 9.27. The highest BCUT2D eigenvalue weighted by atomic mass is 19.1. The fourth-order valence-electron chi connectivity index (χ4n) is 7.14. The molecule has 2 unspecified atom stereocenters. The average molecular weight is 548 g/mol. The van der Waals surface area contributed by atoms with Crippen LogP contribution in [0.25, 0.3) is 0 Å². The van der Waals surface area contributed by atoms with Crippen molar-refractivity contribution in [1.82, 2.24) is 15.1 Å². The largest absolute Gasteiger partial charge is 0.489 e. The number of piperidine rings is 2. The number of benzene rings is 2. The molecule has 9 nitrogen and oxygen atoms in total. The number of rotatable bonds is 4. The van der Waals surface area contributed by atoms with Gasteiger partial charge in [-0.1, -0.05) is 12.1 Å². The number of ether oxygens (including phenoxy) is 1. The van der Waals surface area contributed by atoms with Crippen LogP contribution in [-0.2, 0) is 16.1 Å². The number of carbonyl (C=O) groups excluding carboxylic acids is 3. The Kier molecular flexibility index (Phi) is 6.37. The maximum atomic E-state index is 14.2. The van der Waals surface area contributed by atoms with Crippen LogP contribution in [0, 0.1) is 11.7 Å². The number of piperazine rings is 1. The van der Waals surface area contributed by atoms with Crippen molar-refractivity contribution < 1.29 is 23.5 Å². The summed E-state index contributed by atoms with van der Waals surface area (Å²) >= 11 is 0. The Bertz CT molecular complexity index is 1360. The van der Waals surface area contributed by atoms with Gasteiger partial charge in [0.25, 0.3) is 5.91 Å². The van der Waals surface area contributed by atoms with Crippen LogP contribution in [0.3, 0.4) is 0 Å². The lowest BCUT2D eigenvalue weighted by Gasteiger charge is -2.47. The summed E-state index contributed by atoms with van der Waals surface area (Å²) < 4.78 is 20.6. The summed E-state index contributed by atoms with van der Waals surface area (Å²) in [6, 6.07) is 10.5. The van der Waals surface area contributed by atoms with Crippen LogP contribution in [0.1, 0.15) is 41.6 Å². The van der Waals surface area contributed by atoms with E-state index < -0.39 is 11.9 Å². The molecule has 5 aliphatic rings. The summed E-state index contributed by atoms with van der Waals surface area (Å²) in [6.07, 6.45) is 2.70. The number of imide groups is 1. The van der Waals surface area contributed by atoms with Crippen LogP contribution in [0.2, 0.25) is 0 Å². The van der Waals surface area contributed by atoms with Crippen LogP contribution in [0.15, 0.2) is 36.4 Å². The number of nitrogens with one attached hydrogen (secondary N) is 1. The zero-order chi connectivity index (χ0) is 27.4. The van der Waals surface area contributed by atoms with Gasteiger partial charge in [0.2, 0.25) is 11.8 Å².